The number of amides is 1. The van der Waals surface area contributed by atoms with Gasteiger partial charge in [0.15, 0.2) is 0 Å². The van der Waals surface area contributed by atoms with Crippen LogP contribution in [0.3, 0.4) is 0 Å². The number of nitrogens with zero attached hydrogens (tertiary/aromatic N) is 1. The number of piperidine rings is 1. The minimum absolute atomic E-state index is 0.0423. The molecule has 5 heteroatoms. The minimum atomic E-state index is -0.830. The second-order valence-electron chi connectivity index (χ2n) is 5.86. The Morgan fingerprint density at radius 2 is 2.05 bits per heavy atom. The SMILES string of the molecule is O=C(O)C1Cc2ccccc2N(C(=O)[C@@H]2CCCNC2)C1. The maximum absolute atomic E-state index is 12.8. The maximum Gasteiger partial charge on any atom is 0.308 e. The molecule has 1 amide bonds. The van der Waals surface area contributed by atoms with Crippen molar-refractivity contribution in [3.8, 4) is 0 Å². The van der Waals surface area contributed by atoms with Crippen molar-refractivity contribution in [2.45, 2.75) is 19.3 Å². The lowest BCUT2D eigenvalue weighted by Crippen LogP contribution is -2.48. The summed E-state index contributed by atoms with van der Waals surface area (Å²) in [7, 11) is 0. The van der Waals surface area contributed by atoms with E-state index >= 15 is 0 Å². The number of para-hydroxylation sites is 1. The van der Waals surface area contributed by atoms with Crippen molar-refractivity contribution in [2.24, 2.45) is 11.8 Å². The van der Waals surface area contributed by atoms with Crippen LogP contribution in [0.4, 0.5) is 5.69 Å². The van der Waals surface area contributed by atoms with Gasteiger partial charge in [-0.3, -0.25) is 9.59 Å². The highest BCUT2D eigenvalue weighted by Gasteiger charge is 2.35. The monoisotopic (exact) mass is 288 g/mol. The molecule has 21 heavy (non-hydrogen) atoms. The van der Waals surface area contributed by atoms with Crippen molar-refractivity contribution in [2.75, 3.05) is 24.5 Å². The molecule has 2 heterocycles. The molecule has 0 saturated carbocycles. The van der Waals surface area contributed by atoms with E-state index in [9.17, 15) is 14.7 Å². The van der Waals surface area contributed by atoms with Gasteiger partial charge in [-0.15, -0.1) is 0 Å². The number of carbonyl (C=O) groups excluding carboxylic acids is 1. The molecule has 3 rings (SSSR count). The normalized spacial score (nSPS) is 25.2. The van der Waals surface area contributed by atoms with Crippen molar-refractivity contribution in [1.82, 2.24) is 5.32 Å². The number of anilines is 1. The fraction of sp³-hybridized carbons (Fsp3) is 0.500. The van der Waals surface area contributed by atoms with Crippen molar-refractivity contribution in [1.29, 1.82) is 0 Å². The lowest BCUT2D eigenvalue weighted by molar-refractivity contribution is -0.141. The summed E-state index contributed by atoms with van der Waals surface area (Å²) in [5.74, 6) is -1.33. The quantitative estimate of drug-likeness (QED) is 0.860. The number of benzene rings is 1. The van der Waals surface area contributed by atoms with E-state index in [2.05, 4.69) is 5.32 Å². The molecule has 0 bridgehead atoms. The first-order valence-electron chi connectivity index (χ1n) is 7.49. The molecule has 2 aliphatic heterocycles. The van der Waals surface area contributed by atoms with E-state index in [0.717, 1.165) is 30.6 Å². The third-order valence-electron chi connectivity index (χ3n) is 4.41. The van der Waals surface area contributed by atoms with Crippen molar-refractivity contribution >= 4 is 17.6 Å². The van der Waals surface area contributed by atoms with Crippen LogP contribution in [0.1, 0.15) is 18.4 Å². The molecule has 0 spiro atoms. The Morgan fingerprint density at radius 1 is 1.24 bits per heavy atom. The largest absolute Gasteiger partial charge is 0.481 e. The third-order valence-corrected chi connectivity index (χ3v) is 4.41. The summed E-state index contributed by atoms with van der Waals surface area (Å²) < 4.78 is 0. The van der Waals surface area contributed by atoms with E-state index in [0.29, 0.717) is 13.0 Å². The van der Waals surface area contributed by atoms with Crippen molar-refractivity contribution < 1.29 is 14.7 Å². The summed E-state index contributed by atoms with van der Waals surface area (Å²) in [5, 5.41) is 12.6. The van der Waals surface area contributed by atoms with E-state index in [4.69, 9.17) is 0 Å². The molecule has 1 aromatic rings. The Balaban J connectivity index is 1.88. The zero-order chi connectivity index (χ0) is 14.8. The van der Waals surface area contributed by atoms with Crippen LogP contribution < -0.4 is 10.2 Å². The molecule has 2 atom stereocenters. The minimum Gasteiger partial charge on any atom is -0.481 e. The summed E-state index contributed by atoms with van der Waals surface area (Å²) in [6.45, 7) is 1.93. The highest BCUT2D eigenvalue weighted by Crippen LogP contribution is 2.31. The summed E-state index contributed by atoms with van der Waals surface area (Å²) in [5.41, 5.74) is 1.83. The Bertz CT molecular complexity index is 552. The fourth-order valence-electron chi connectivity index (χ4n) is 3.25. The van der Waals surface area contributed by atoms with E-state index in [1.807, 2.05) is 24.3 Å². The van der Waals surface area contributed by atoms with Crippen LogP contribution in [0, 0.1) is 11.8 Å². The standard InChI is InChI=1S/C16H20N2O3/c19-15(12-5-3-7-17-9-12)18-10-13(16(20)21)8-11-4-1-2-6-14(11)18/h1-2,4,6,12-13,17H,3,5,7-10H2,(H,20,21)/t12-,13?/m1/s1. The summed E-state index contributed by atoms with van der Waals surface area (Å²) in [4.78, 5) is 25.8. The van der Waals surface area contributed by atoms with Gasteiger partial charge in [0.25, 0.3) is 0 Å². The smallest absolute Gasteiger partial charge is 0.308 e. The molecular weight excluding hydrogens is 268 g/mol. The summed E-state index contributed by atoms with van der Waals surface area (Å²) in [6.07, 6.45) is 2.37. The van der Waals surface area contributed by atoms with E-state index in [1.54, 1.807) is 4.90 Å². The number of nitrogens with one attached hydrogen (secondary N) is 1. The van der Waals surface area contributed by atoms with E-state index in [-0.39, 0.29) is 18.4 Å². The first kappa shape index (κ1) is 14.1. The number of carbonyl (C=O) groups is 2. The second-order valence-corrected chi connectivity index (χ2v) is 5.86. The van der Waals surface area contributed by atoms with Gasteiger partial charge >= 0.3 is 5.97 Å². The molecule has 2 N–H and O–H groups in total. The van der Waals surface area contributed by atoms with Gasteiger partial charge in [-0.05, 0) is 37.4 Å². The van der Waals surface area contributed by atoms with Gasteiger partial charge in [-0.1, -0.05) is 18.2 Å². The predicted octanol–water partition coefficient (Wildman–Crippen LogP) is 1.28. The Hall–Kier alpha value is -1.88. The highest BCUT2D eigenvalue weighted by atomic mass is 16.4. The maximum atomic E-state index is 12.8. The van der Waals surface area contributed by atoms with Crippen LogP contribution >= 0.6 is 0 Å². The molecule has 0 radical (unpaired) electrons. The number of carboxylic acids is 1. The molecule has 112 valence electrons. The zero-order valence-corrected chi connectivity index (χ0v) is 11.9. The van der Waals surface area contributed by atoms with Crippen LogP contribution in [0.25, 0.3) is 0 Å². The molecule has 1 saturated heterocycles. The van der Waals surface area contributed by atoms with Crippen LogP contribution in [0.15, 0.2) is 24.3 Å². The van der Waals surface area contributed by atoms with Gasteiger partial charge in [-0.2, -0.15) is 0 Å². The van der Waals surface area contributed by atoms with Crippen LogP contribution in [-0.4, -0.2) is 36.6 Å². The number of rotatable bonds is 2. The predicted molar refractivity (Wildman–Crippen MR) is 79.2 cm³/mol. The van der Waals surface area contributed by atoms with Crippen LogP contribution in [-0.2, 0) is 16.0 Å². The first-order valence-corrected chi connectivity index (χ1v) is 7.49. The molecular formula is C16H20N2O3. The summed E-state index contributed by atoms with van der Waals surface area (Å²) in [6, 6.07) is 7.64. The molecule has 5 nitrogen and oxygen atoms in total. The number of hydrogen-bond donors (Lipinski definition) is 2. The van der Waals surface area contributed by atoms with E-state index in [1.165, 1.54) is 0 Å². The van der Waals surface area contributed by atoms with Crippen molar-refractivity contribution in [3.05, 3.63) is 29.8 Å². The number of hydrogen-bond acceptors (Lipinski definition) is 3. The van der Waals surface area contributed by atoms with Crippen LogP contribution in [0.2, 0.25) is 0 Å². The lowest BCUT2D eigenvalue weighted by atomic mass is 9.90. The van der Waals surface area contributed by atoms with E-state index < -0.39 is 11.9 Å². The highest BCUT2D eigenvalue weighted by molar-refractivity contribution is 5.97. The average molecular weight is 288 g/mol. The zero-order valence-electron chi connectivity index (χ0n) is 11.9. The molecule has 0 aromatic heterocycles. The van der Waals surface area contributed by atoms with Gasteiger partial charge in [0.2, 0.25) is 5.91 Å². The number of carboxylic acid groups (broad SMARTS) is 1. The Kier molecular flexibility index (Phi) is 3.92. The second kappa shape index (κ2) is 5.85. The lowest BCUT2D eigenvalue weighted by Gasteiger charge is -2.36. The average Bonchev–Trinajstić information content (AvgIpc) is 2.54. The topological polar surface area (TPSA) is 69.6 Å². The molecule has 2 aliphatic rings. The molecule has 1 fully saturated rings. The van der Waals surface area contributed by atoms with Crippen molar-refractivity contribution in [3.63, 3.8) is 0 Å². The van der Waals surface area contributed by atoms with Gasteiger partial charge in [-0.25, -0.2) is 0 Å². The number of aliphatic carboxylic acids is 1. The molecule has 0 aliphatic carbocycles. The third kappa shape index (κ3) is 2.78. The van der Waals surface area contributed by atoms with Gasteiger partial charge in [0, 0.05) is 18.8 Å². The number of fused-ring (bicyclic) bond motifs is 1. The van der Waals surface area contributed by atoms with Gasteiger partial charge < -0.3 is 15.3 Å². The fourth-order valence-corrected chi connectivity index (χ4v) is 3.25. The molecule has 1 aromatic carbocycles. The van der Waals surface area contributed by atoms with Gasteiger partial charge in [0.1, 0.15) is 0 Å². The molecule has 1 unspecified atom stereocenters. The Morgan fingerprint density at radius 3 is 2.76 bits per heavy atom. The van der Waals surface area contributed by atoms with Gasteiger partial charge in [0.05, 0.1) is 11.8 Å². The van der Waals surface area contributed by atoms with Crippen LogP contribution in [0.5, 0.6) is 0 Å². The Labute approximate surface area is 123 Å². The first-order chi connectivity index (χ1) is 10.2. The summed E-state index contributed by atoms with van der Waals surface area (Å²) >= 11 is 0.